The van der Waals surface area contributed by atoms with Gasteiger partial charge in [-0.1, -0.05) is 6.92 Å². The van der Waals surface area contributed by atoms with Crippen molar-refractivity contribution in [3.05, 3.63) is 23.9 Å². The minimum absolute atomic E-state index is 0.506. The summed E-state index contributed by atoms with van der Waals surface area (Å²) in [7, 11) is 0. The van der Waals surface area contributed by atoms with Gasteiger partial charge in [-0.25, -0.2) is 9.78 Å². The number of carbonyl (C=O) groups excluding carboxylic acids is 1. The first-order chi connectivity index (χ1) is 6.72. The summed E-state index contributed by atoms with van der Waals surface area (Å²) in [5.74, 6) is 2.50. The van der Waals surface area contributed by atoms with Crippen molar-refractivity contribution in [3.8, 4) is 0 Å². The van der Waals surface area contributed by atoms with E-state index in [1.54, 1.807) is 6.20 Å². The van der Waals surface area contributed by atoms with Crippen molar-refractivity contribution in [1.29, 1.82) is 0 Å². The van der Waals surface area contributed by atoms with Crippen molar-refractivity contribution in [2.24, 2.45) is 5.73 Å². The third-order valence-corrected chi connectivity index (χ3v) is 2.49. The molecule has 0 spiro atoms. The maximum atomic E-state index is 10.6. The first kappa shape index (κ1) is 10.8. The second-order valence-corrected chi connectivity index (χ2v) is 3.95. The number of pyridine rings is 1. The van der Waals surface area contributed by atoms with Crippen molar-refractivity contribution < 1.29 is 4.79 Å². The first-order valence-electron chi connectivity index (χ1n) is 4.31. The van der Waals surface area contributed by atoms with E-state index in [1.165, 1.54) is 0 Å². The van der Waals surface area contributed by atoms with Crippen LogP contribution < -0.4 is 11.1 Å². The Morgan fingerprint density at radius 3 is 3.14 bits per heavy atom. The fourth-order valence-electron chi connectivity index (χ4n) is 0.979. The number of hydrogen-bond acceptors (Lipinski definition) is 3. The predicted molar refractivity (Wildman–Crippen MR) is 59.3 cm³/mol. The van der Waals surface area contributed by atoms with Gasteiger partial charge in [-0.05, 0) is 23.4 Å². The van der Waals surface area contributed by atoms with E-state index >= 15 is 0 Å². The summed E-state index contributed by atoms with van der Waals surface area (Å²) in [6.07, 6.45) is 1.66. The van der Waals surface area contributed by atoms with Crippen LogP contribution in [0.25, 0.3) is 0 Å². The molecule has 0 fully saturated rings. The fourth-order valence-corrected chi connectivity index (χ4v) is 1.60. The summed E-state index contributed by atoms with van der Waals surface area (Å²) in [6.45, 7) is 2.11. The van der Waals surface area contributed by atoms with E-state index in [0.717, 1.165) is 17.1 Å². The van der Waals surface area contributed by atoms with Crippen LogP contribution in [0.3, 0.4) is 0 Å². The van der Waals surface area contributed by atoms with E-state index in [2.05, 4.69) is 17.2 Å². The number of urea groups is 1. The van der Waals surface area contributed by atoms with Crippen LogP contribution in [0.4, 0.5) is 10.6 Å². The fraction of sp³-hybridized carbons (Fsp3) is 0.333. The molecule has 0 unspecified atom stereocenters. The zero-order chi connectivity index (χ0) is 10.4. The molecule has 1 aromatic heterocycles. The molecule has 5 heteroatoms. The number of rotatable bonds is 4. The van der Waals surface area contributed by atoms with Crippen LogP contribution in [-0.2, 0) is 5.75 Å². The number of anilines is 1. The van der Waals surface area contributed by atoms with Crippen LogP contribution in [-0.4, -0.2) is 16.8 Å². The molecule has 1 heterocycles. The van der Waals surface area contributed by atoms with Crippen LogP contribution >= 0.6 is 11.8 Å². The van der Waals surface area contributed by atoms with Crippen molar-refractivity contribution >= 4 is 23.6 Å². The van der Waals surface area contributed by atoms with E-state index in [4.69, 9.17) is 5.73 Å². The third-order valence-electron chi connectivity index (χ3n) is 1.55. The Bertz CT molecular complexity index is 317. The Labute approximate surface area is 87.3 Å². The number of amides is 2. The number of hydrogen-bond donors (Lipinski definition) is 2. The summed E-state index contributed by atoms with van der Waals surface area (Å²) in [5, 5.41) is 2.44. The van der Waals surface area contributed by atoms with Crippen molar-refractivity contribution in [3.63, 3.8) is 0 Å². The highest BCUT2D eigenvalue weighted by molar-refractivity contribution is 7.98. The standard InChI is InChI=1S/C9H13N3OS/c1-2-14-6-7-3-4-11-8(5-7)12-9(10)13/h3-5H,2,6H2,1H3,(H3,10,11,12,13). The lowest BCUT2D eigenvalue weighted by Gasteiger charge is -2.03. The van der Waals surface area contributed by atoms with Gasteiger partial charge in [-0.3, -0.25) is 5.32 Å². The second kappa shape index (κ2) is 5.49. The maximum Gasteiger partial charge on any atom is 0.317 e. The molecule has 0 saturated heterocycles. The highest BCUT2D eigenvalue weighted by Crippen LogP contribution is 2.13. The lowest BCUT2D eigenvalue weighted by Crippen LogP contribution is -2.20. The molecular formula is C9H13N3OS. The largest absolute Gasteiger partial charge is 0.351 e. The molecule has 0 saturated carbocycles. The Balaban J connectivity index is 2.63. The molecule has 0 radical (unpaired) electrons. The Hall–Kier alpha value is -1.23. The molecule has 2 amide bonds. The summed E-state index contributed by atoms with van der Waals surface area (Å²) < 4.78 is 0. The number of nitrogens with two attached hydrogens (primary N) is 1. The molecule has 0 atom stereocenters. The van der Waals surface area contributed by atoms with Gasteiger partial charge in [0.05, 0.1) is 0 Å². The summed E-state index contributed by atoms with van der Waals surface area (Å²) in [4.78, 5) is 14.5. The molecule has 3 N–H and O–H groups in total. The predicted octanol–water partition coefficient (Wildman–Crippen LogP) is 1.83. The number of nitrogens with one attached hydrogen (secondary N) is 1. The topological polar surface area (TPSA) is 68.0 Å². The van der Waals surface area contributed by atoms with Crippen molar-refractivity contribution in [2.75, 3.05) is 11.1 Å². The van der Waals surface area contributed by atoms with E-state index in [-0.39, 0.29) is 0 Å². The SMILES string of the molecule is CCSCc1ccnc(NC(N)=O)c1. The first-order valence-corrected chi connectivity index (χ1v) is 5.47. The maximum absolute atomic E-state index is 10.6. The molecule has 0 bridgehead atoms. The van der Waals surface area contributed by atoms with Gasteiger partial charge in [0.2, 0.25) is 0 Å². The molecule has 14 heavy (non-hydrogen) atoms. The highest BCUT2D eigenvalue weighted by atomic mass is 32.2. The molecule has 0 aliphatic rings. The molecule has 1 rings (SSSR count). The zero-order valence-corrected chi connectivity index (χ0v) is 8.80. The monoisotopic (exact) mass is 211 g/mol. The van der Waals surface area contributed by atoms with Crippen LogP contribution in [0.5, 0.6) is 0 Å². The normalized spacial score (nSPS) is 9.79. The van der Waals surface area contributed by atoms with Crippen molar-refractivity contribution in [2.45, 2.75) is 12.7 Å². The molecular weight excluding hydrogens is 198 g/mol. The summed E-state index contributed by atoms with van der Waals surface area (Å²) in [5.41, 5.74) is 6.11. The minimum Gasteiger partial charge on any atom is -0.351 e. The number of carbonyl (C=O) groups is 1. The van der Waals surface area contributed by atoms with E-state index < -0.39 is 6.03 Å². The number of thioether (sulfide) groups is 1. The van der Waals surface area contributed by atoms with Gasteiger partial charge in [0.25, 0.3) is 0 Å². The highest BCUT2D eigenvalue weighted by Gasteiger charge is 1.99. The molecule has 76 valence electrons. The number of nitrogens with zero attached hydrogens (tertiary/aromatic N) is 1. The molecule has 0 aliphatic carbocycles. The molecule has 1 aromatic rings. The van der Waals surface area contributed by atoms with Gasteiger partial charge in [0, 0.05) is 11.9 Å². The lowest BCUT2D eigenvalue weighted by atomic mass is 10.3. The number of aromatic nitrogens is 1. The van der Waals surface area contributed by atoms with E-state index in [9.17, 15) is 4.79 Å². The zero-order valence-electron chi connectivity index (χ0n) is 7.99. The van der Waals surface area contributed by atoms with Crippen LogP contribution in [0, 0.1) is 0 Å². The summed E-state index contributed by atoms with van der Waals surface area (Å²) in [6, 6.07) is 3.17. The molecule has 4 nitrogen and oxygen atoms in total. The van der Waals surface area contributed by atoms with Gasteiger partial charge >= 0.3 is 6.03 Å². The van der Waals surface area contributed by atoms with E-state index in [0.29, 0.717) is 5.82 Å². The lowest BCUT2D eigenvalue weighted by molar-refractivity contribution is 0.259. The Morgan fingerprint density at radius 1 is 1.71 bits per heavy atom. The quantitative estimate of drug-likeness (QED) is 0.798. The number of primary amides is 1. The van der Waals surface area contributed by atoms with Gasteiger partial charge in [0.1, 0.15) is 5.82 Å². The Morgan fingerprint density at radius 2 is 2.50 bits per heavy atom. The van der Waals surface area contributed by atoms with Gasteiger partial charge < -0.3 is 5.73 Å². The average Bonchev–Trinajstić information content (AvgIpc) is 2.14. The Kier molecular flexibility index (Phi) is 4.25. The molecule has 0 aromatic carbocycles. The second-order valence-electron chi connectivity index (χ2n) is 2.68. The van der Waals surface area contributed by atoms with Gasteiger partial charge in [0.15, 0.2) is 0 Å². The van der Waals surface area contributed by atoms with Crippen molar-refractivity contribution in [1.82, 2.24) is 4.98 Å². The third kappa shape index (κ3) is 3.66. The van der Waals surface area contributed by atoms with Gasteiger partial charge in [-0.15, -0.1) is 0 Å². The van der Waals surface area contributed by atoms with Crippen LogP contribution in [0.1, 0.15) is 12.5 Å². The van der Waals surface area contributed by atoms with Gasteiger partial charge in [-0.2, -0.15) is 11.8 Å². The van der Waals surface area contributed by atoms with E-state index in [1.807, 2.05) is 23.9 Å². The molecule has 0 aliphatic heterocycles. The minimum atomic E-state index is -0.585. The average molecular weight is 211 g/mol. The van der Waals surface area contributed by atoms with Crippen LogP contribution in [0.15, 0.2) is 18.3 Å². The van der Waals surface area contributed by atoms with Crippen LogP contribution in [0.2, 0.25) is 0 Å². The smallest absolute Gasteiger partial charge is 0.317 e. The summed E-state index contributed by atoms with van der Waals surface area (Å²) >= 11 is 1.82.